The molecule has 14 heteroatoms. The lowest BCUT2D eigenvalue weighted by Crippen LogP contribution is -2.52. The van der Waals surface area contributed by atoms with Crippen molar-refractivity contribution in [3.63, 3.8) is 0 Å². The van der Waals surface area contributed by atoms with Crippen LogP contribution in [0.15, 0.2) is 66.7 Å². The number of carbonyl (C=O) groups is 1. The molecule has 0 radical (unpaired) electrons. The number of primary amides is 1. The van der Waals surface area contributed by atoms with Gasteiger partial charge in [-0.1, -0.05) is 53.5 Å². The van der Waals surface area contributed by atoms with Crippen molar-refractivity contribution in [2.24, 2.45) is 5.73 Å². The molecule has 0 bridgehead atoms. The van der Waals surface area contributed by atoms with E-state index in [1.54, 1.807) is 29.2 Å². The Labute approximate surface area is 244 Å². The number of anilines is 1. The lowest BCUT2D eigenvalue weighted by atomic mass is 9.85. The molecule has 5 rings (SSSR count). The SMILES string of the molecule is NC(=O)Cn1nc(N2CCN(S(=O)(=O)C(F)(F)F)CC2)c2cc(C(c3ccc(Cl)cc3)c3ccc(Cl)cc3)ccc21. The predicted octanol–water partition coefficient (Wildman–Crippen LogP) is 4.98. The van der Waals surface area contributed by atoms with Gasteiger partial charge in [0.25, 0.3) is 0 Å². The van der Waals surface area contributed by atoms with Gasteiger partial charge >= 0.3 is 15.5 Å². The molecule has 1 fully saturated rings. The van der Waals surface area contributed by atoms with E-state index in [2.05, 4.69) is 5.10 Å². The van der Waals surface area contributed by atoms with Crippen molar-refractivity contribution < 1.29 is 26.4 Å². The Kier molecular flexibility index (Phi) is 7.94. The molecule has 1 aliphatic rings. The minimum absolute atomic E-state index is 0.0278. The molecule has 4 aromatic rings. The number of benzene rings is 3. The first-order chi connectivity index (χ1) is 19.3. The highest BCUT2D eigenvalue weighted by Crippen LogP contribution is 2.37. The topological polar surface area (TPSA) is 102 Å². The fourth-order valence-corrected chi connectivity index (χ4v) is 6.22. The van der Waals surface area contributed by atoms with Gasteiger partial charge in [-0.25, -0.2) is 8.42 Å². The first-order valence-electron chi connectivity index (χ1n) is 12.5. The Balaban J connectivity index is 1.58. The number of rotatable bonds is 7. The third kappa shape index (κ3) is 5.87. The molecule has 1 aliphatic heterocycles. The molecule has 1 aromatic heterocycles. The molecule has 1 amide bonds. The van der Waals surface area contributed by atoms with Crippen molar-refractivity contribution in [1.82, 2.24) is 14.1 Å². The third-order valence-corrected chi connectivity index (χ3v) is 9.11. The monoisotopic (exact) mass is 625 g/mol. The molecule has 0 saturated carbocycles. The Morgan fingerprint density at radius 3 is 1.88 bits per heavy atom. The number of hydrogen-bond acceptors (Lipinski definition) is 5. The van der Waals surface area contributed by atoms with Crippen LogP contribution in [0.1, 0.15) is 22.6 Å². The van der Waals surface area contributed by atoms with Crippen LogP contribution in [0.2, 0.25) is 10.0 Å². The number of hydrogen-bond donors (Lipinski definition) is 1. The summed E-state index contributed by atoms with van der Waals surface area (Å²) in [5.74, 6) is -0.445. The van der Waals surface area contributed by atoms with Gasteiger partial charge in [-0.15, -0.1) is 0 Å². The van der Waals surface area contributed by atoms with E-state index in [4.69, 9.17) is 28.9 Å². The number of carbonyl (C=O) groups excluding carboxylic acids is 1. The second-order valence-corrected chi connectivity index (χ2v) is 12.4. The number of fused-ring (bicyclic) bond motifs is 1. The molecule has 1 saturated heterocycles. The maximum atomic E-state index is 13.1. The van der Waals surface area contributed by atoms with E-state index in [0.29, 0.717) is 31.1 Å². The second kappa shape index (κ2) is 11.2. The summed E-state index contributed by atoms with van der Waals surface area (Å²) in [4.78, 5) is 13.5. The molecule has 0 atom stereocenters. The Morgan fingerprint density at radius 1 is 0.878 bits per heavy atom. The van der Waals surface area contributed by atoms with Gasteiger partial charge in [-0.3, -0.25) is 9.48 Å². The van der Waals surface area contributed by atoms with Crippen molar-refractivity contribution >= 4 is 55.9 Å². The molecule has 2 N–H and O–H groups in total. The first-order valence-corrected chi connectivity index (χ1v) is 14.7. The van der Waals surface area contributed by atoms with Gasteiger partial charge in [0.05, 0.1) is 5.52 Å². The predicted molar refractivity (Wildman–Crippen MR) is 152 cm³/mol. The summed E-state index contributed by atoms with van der Waals surface area (Å²) in [5, 5.41) is 6.39. The molecule has 2 heterocycles. The Bertz CT molecular complexity index is 1640. The van der Waals surface area contributed by atoms with E-state index in [1.807, 2.05) is 42.5 Å². The van der Waals surface area contributed by atoms with Crippen LogP contribution in [0.3, 0.4) is 0 Å². The standard InChI is InChI=1S/C27H24Cl2F3N5O3S/c28-20-6-1-17(2-7-20)25(18-3-8-21(29)9-4-18)19-5-10-23-22(15-19)26(34-37(23)16-24(33)38)35-11-13-36(14-12-35)41(39,40)27(30,31)32/h1-10,15,25H,11-14,16H2,(H2,33,38). The highest BCUT2D eigenvalue weighted by atomic mass is 35.5. The van der Waals surface area contributed by atoms with Gasteiger partial charge < -0.3 is 10.6 Å². The second-order valence-electron chi connectivity index (χ2n) is 9.60. The zero-order chi connectivity index (χ0) is 29.5. The molecule has 0 spiro atoms. The lowest BCUT2D eigenvalue weighted by molar-refractivity contribution is -0.118. The summed E-state index contributed by atoms with van der Waals surface area (Å²) in [6, 6.07) is 20.5. The quantitative estimate of drug-likeness (QED) is 0.292. The summed E-state index contributed by atoms with van der Waals surface area (Å²) >= 11 is 12.3. The number of nitrogens with two attached hydrogens (primary N) is 1. The van der Waals surface area contributed by atoms with Gasteiger partial charge in [0.2, 0.25) is 5.91 Å². The zero-order valence-electron chi connectivity index (χ0n) is 21.4. The van der Waals surface area contributed by atoms with Crippen LogP contribution in [-0.2, 0) is 21.4 Å². The number of sulfonamides is 1. The molecule has 0 unspecified atom stereocenters. The van der Waals surface area contributed by atoms with Crippen LogP contribution in [0.25, 0.3) is 10.9 Å². The van der Waals surface area contributed by atoms with Gasteiger partial charge in [0.1, 0.15) is 6.54 Å². The smallest absolute Gasteiger partial charge is 0.368 e. The summed E-state index contributed by atoms with van der Waals surface area (Å²) in [7, 11) is -5.44. The van der Waals surface area contributed by atoms with Gasteiger partial charge in [-0.05, 0) is 53.1 Å². The summed E-state index contributed by atoms with van der Waals surface area (Å²) in [6.45, 7) is -1.01. The molecule has 0 aliphatic carbocycles. The Hall–Kier alpha value is -3.32. The minimum Gasteiger partial charge on any atom is -0.368 e. The van der Waals surface area contributed by atoms with Gasteiger partial charge in [0, 0.05) is 47.5 Å². The van der Waals surface area contributed by atoms with Crippen LogP contribution in [0, 0.1) is 0 Å². The van der Waals surface area contributed by atoms with Crippen LogP contribution in [-0.4, -0.2) is 60.1 Å². The molecule has 3 aromatic carbocycles. The first kappa shape index (κ1) is 29.2. The fraction of sp³-hybridized carbons (Fsp3) is 0.259. The molecule has 8 nitrogen and oxygen atoms in total. The fourth-order valence-electron chi connectivity index (χ4n) is 5.04. The molecular formula is C27H24Cl2F3N5O3S. The van der Waals surface area contributed by atoms with E-state index >= 15 is 0 Å². The number of alkyl halides is 3. The van der Waals surface area contributed by atoms with Crippen molar-refractivity contribution in [3.8, 4) is 0 Å². The van der Waals surface area contributed by atoms with Crippen LogP contribution < -0.4 is 10.6 Å². The van der Waals surface area contributed by atoms with Gasteiger partial charge in [-0.2, -0.15) is 22.6 Å². The van der Waals surface area contributed by atoms with Gasteiger partial charge in [0.15, 0.2) is 5.82 Å². The normalized spacial score (nSPS) is 15.1. The molecule has 41 heavy (non-hydrogen) atoms. The zero-order valence-corrected chi connectivity index (χ0v) is 23.7. The summed E-state index contributed by atoms with van der Waals surface area (Å²) in [6.07, 6.45) is 0. The lowest BCUT2D eigenvalue weighted by Gasteiger charge is -2.34. The van der Waals surface area contributed by atoms with E-state index in [9.17, 15) is 26.4 Å². The van der Waals surface area contributed by atoms with Crippen molar-refractivity contribution in [2.75, 3.05) is 31.1 Å². The summed E-state index contributed by atoms with van der Waals surface area (Å²) < 4.78 is 65.0. The van der Waals surface area contributed by atoms with Crippen molar-refractivity contribution in [3.05, 3.63) is 93.5 Å². The highest BCUT2D eigenvalue weighted by molar-refractivity contribution is 7.90. The molecule has 216 valence electrons. The van der Waals surface area contributed by atoms with E-state index < -0.39 is 21.4 Å². The average Bonchev–Trinajstić information content (AvgIpc) is 3.27. The number of piperazine rings is 1. The number of aromatic nitrogens is 2. The van der Waals surface area contributed by atoms with E-state index in [0.717, 1.165) is 16.7 Å². The van der Waals surface area contributed by atoms with Crippen molar-refractivity contribution in [1.29, 1.82) is 0 Å². The van der Waals surface area contributed by atoms with Crippen LogP contribution in [0.5, 0.6) is 0 Å². The maximum Gasteiger partial charge on any atom is 0.511 e. The van der Waals surface area contributed by atoms with E-state index in [1.165, 1.54) is 4.68 Å². The van der Waals surface area contributed by atoms with Crippen LogP contribution >= 0.6 is 23.2 Å². The highest BCUT2D eigenvalue weighted by Gasteiger charge is 2.50. The number of amides is 1. The summed E-state index contributed by atoms with van der Waals surface area (Å²) in [5.41, 5.74) is 3.45. The van der Waals surface area contributed by atoms with E-state index in [-0.39, 0.29) is 38.6 Å². The Morgan fingerprint density at radius 2 is 1.39 bits per heavy atom. The number of nitrogens with zero attached hydrogens (tertiary/aromatic N) is 4. The molecular weight excluding hydrogens is 602 g/mol. The van der Waals surface area contributed by atoms with Crippen molar-refractivity contribution in [2.45, 2.75) is 18.0 Å². The third-order valence-electron chi connectivity index (χ3n) is 6.97. The minimum atomic E-state index is -5.44. The average molecular weight is 626 g/mol. The van der Waals surface area contributed by atoms with Crippen LogP contribution in [0.4, 0.5) is 19.0 Å². The number of halogens is 5. The largest absolute Gasteiger partial charge is 0.511 e. The maximum absolute atomic E-state index is 13.1.